The molecule has 0 saturated heterocycles. The summed E-state index contributed by atoms with van der Waals surface area (Å²) >= 11 is 12.1. The molecule has 7 nitrogen and oxygen atoms in total. The molecule has 1 aromatic heterocycles. The molecule has 5 rings (SSSR count). The van der Waals surface area contributed by atoms with Crippen LogP contribution in [0.5, 0.6) is 11.5 Å². The fraction of sp³-hybridized carbons (Fsp3) is 0.138. The van der Waals surface area contributed by atoms with Crippen molar-refractivity contribution in [1.29, 1.82) is 0 Å². The van der Waals surface area contributed by atoms with E-state index in [9.17, 15) is 9.59 Å². The summed E-state index contributed by atoms with van der Waals surface area (Å²) < 4.78 is 11.8. The van der Waals surface area contributed by atoms with Crippen molar-refractivity contribution in [2.24, 2.45) is 5.10 Å². The number of nitrogens with zero attached hydrogens (tertiary/aromatic N) is 1. The first kappa shape index (κ1) is 25.6. The minimum Gasteiger partial charge on any atom is -0.457 e. The van der Waals surface area contributed by atoms with Crippen LogP contribution in [0.4, 0.5) is 5.69 Å². The molecule has 3 aromatic carbocycles. The minimum atomic E-state index is -0.454. The molecule has 0 unspecified atom stereocenters. The maximum atomic E-state index is 13.1. The number of hydrazone groups is 1. The summed E-state index contributed by atoms with van der Waals surface area (Å²) in [6.45, 7) is 1.81. The topological polar surface area (TPSA) is 92.9 Å². The lowest BCUT2D eigenvalue weighted by Gasteiger charge is -2.13. The zero-order chi connectivity index (χ0) is 26.6. The average molecular weight is 548 g/mol. The highest BCUT2D eigenvalue weighted by molar-refractivity contribution is 6.36. The Morgan fingerprint density at radius 2 is 1.66 bits per heavy atom. The Morgan fingerprint density at radius 3 is 2.39 bits per heavy atom. The van der Waals surface area contributed by atoms with Gasteiger partial charge in [-0.15, -0.1) is 0 Å². The third kappa shape index (κ3) is 5.59. The zero-order valence-corrected chi connectivity index (χ0v) is 21.9. The van der Waals surface area contributed by atoms with E-state index in [1.54, 1.807) is 36.4 Å². The molecule has 2 amide bonds. The van der Waals surface area contributed by atoms with Crippen LogP contribution in [-0.2, 0) is 6.42 Å². The van der Waals surface area contributed by atoms with E-state index < -0.39 is 5.91 Å². The molecule has 2 N–H and O–H groups in total. The number of hydrogen-bond acceptors (Lipinski definition) is 5. The van der Waals surface area contributed by atoms with E-state index in [1.807, 2.05) is 37.3 Å². The molecule has 38 heavy (non-hydrogen) atoms. The van der Waals surface area contributed by atoms with Gasteiger partial charge in [0.05, 0.1) is 16.3 Å². The molecule has 0 atom stereocenters. The van der Waals surface area contributed by atoms with Gasteiger partial charge in [0, 0.05) is 28.3 Å². The summed E-state index contributed by atoms with van der Waals surface area (Å²) in [6.07, 6.45) is 2.08. The number of rotatable bonds is 6. The number of ether oxygens (including phenoxy) is 1. The molecule has 0 bridgehead atoms. The maximum Gasteiger partial charge on any atom is 0.291 e. The largest absolute Gasteiger partial charge is 0.457 e. The Bertz CT molecular complexity index is 1530. The van der Waals surface area contributed by atoms with E-state index in [4.69, 9.17) is 32.4 Å². The average Bonchev–Trinajstić information content (AvgIpc) is 3.26. The first-order valence-electron chi connectivity index (χ1n) is 12.0. The Morgan fingerprint density at radius 1 is 0.921 bits per heavy atom. The van der Waals surface area contributed by atoms with Gasteiger partial charge in [0.1, 0.15) is 17.3 Å². The highest BCUT2D eigenvalue weighted by atomic mass is 35.5. The van der Waals surface area contributed by atoms with Gasteiger partial charge < -0.3 is 14.5 Å². The Balaban J connectivity index is 1.30. The number of aryl methyl sites for hydroxylation is 1. The molecule has 0 aliphatic heterocycles. The number of carbonyl (C=O) groups excluding carboxylic acids is 2. The number of hydrogen-bond donors (Lipinski definition) is 2. The van der Waals surface area contributed by atoms with E-state index in [0.29, 0.717) is 46.3 Å². The number of fused-ring (bicyclic) bond motifs is 1. The Labute approximate surface area is 229 Å². The predicted molar refractivity (Wildman–Crippen MR) is 148 cm³/mol. The Kier molecular flexibility index (Phi) is 7.49. The van der Waals surface area contributed by atoms with Crippen LogP contribution in [0.25, 0.3) is 0 Å². The lowest BCUT2D eigenvalue weighted by Crippen LogP contribution is -2.22. The summed E-state index contributed by atoms with van der Waals surface area (Å²) in [7, 11) is 0. The van der Waals surface area contributed by atoms with Gasteiger partial charge in [-0.1, -0.05) is 41.4 Å². The van der Waals surface area contributed by atoms with Crippen LogP contribution < -0.4 is 15.5 Å². The second kappa shape index (κ2) is 11.1. The SMILES string of the molecule is Cc1c(C(=O)Nc2ccc(Oc3ccccc3)cc2)oc2c1/C(=N/NC(=O)c1ccc(Cl)cc1Cl)CCC2. The van der Waals surface area contributed by atoms with Gasteiger partial charge in [0.2, 0.25) is 0 Å². The molecule has 0 saturated carbocycles. The second-order valence-electron chi connectivity index (χ2n) is 8.73. The number of para-hydroxylation sites is 1. The highest BCUT2D eigenvalue weighted by Gasteiger charge is 2.28. The van der Waals surface area contributed by atoms with Gasteiger partial charge in [-0.3, -0.25) is 9.59 Å². The van der Waals surface area contributed by atoms with Gasteiger partial charge in [0.25, 0.3) is 11.8 Å². The van der Waals surface area contributed by atoms with Gasteiger partial charge in [0.15, 0.2) is 5.76 Å². The van der Waals surface area contributed by atoms with Crippen LogP contribution >= 0.6 is 23.2 Å². The van der Waals surface area contributed by atoms with Crippen molar-refractivity contribution in [2.75, 3.05) is 5.32 Å². The van der Waals surface area contributed by atoms with Crippen LogP contribution in [-0.4, -0.2) is 17.5 Å². The van der Waals surface area contributed by atoms with Crippen molar-refractivity contribution < 1.29 is 18.7 Å². The third-order valence-corrected chi connectivity index (χ3v) is 6.64. The van der Waals surface area contributed by atoms with E-state index in [0.717, 1.165) is 17.7 Å². The van der Waals surface area contributed by atoms with Gasteiger partial charge in [-0.05, 0) is 74.4 Å². The van der Waals surface area contributed by atoms with Crippen molar-refractivity contribution in [2.45, 2.75) is 26.2 Å². The molecule has 1 heterocycles. The van der Waals surface area contributed by atoms with Crippen molar-refractivity contribution in [3.63, 3.8) is 0 Å². The zero-order valence-electron chi connectivity index (χ0n) is 20.4. The van der Waals surface area contributed by atoms with E-state index >= 15 is 0 Å². The molecule has 4 aromatic rings. The number of furan rings is 1. The van der Waals surface area contributed by atoms with Gasteiger partial charge >= 0.3 is 0 Å². The normalized spacial score (nSPS) is 13.6. The molecule has 1 aliphatic carbocycles. The number of nitrogens with one attached hydrogen (secondary N) is 2. The van der Waals surface area contributed by atoms with Crippen LogP contribution in [0.15, 0.2) is 82.3 Å². The number of carbonyl (C=O) groups is 2. The van der Waals surface area contributed by atoms with E-state index in [-0.39, 0.29) is 22.3 Å². The van der Waals surface area contributed by atoms with Crippen molar-refractivity contribution >= 4 is 46.4 Å². The van der Waals surface area contributed by atoms with Crippen molar-refractivity contribution in [1.82, 2.24) is 5.43 Å². The fourth-order valence-electron chi connectivity index (χ4n) is 4.27. The van der Waals surface area contributed by atoms with Gasteiger partial charge in [-0.2, -0.15) is 5.10 Å². The summed E-state index contributed by atoms with van der Waals surface area (Å²) in [6, 6.07) is 21.2. The van der Waals surface area contributed by atoms with Crippen molar-refractivity contribution in [3.8, 4) is 11.5 Å². The number of amides is 2. The minimum absolute atomic E-state index is 0.210. The number of anilines is 1. The summed E-state index contributed by atoms with van der Waals surface area (Å²) in [5, 5.41) is 7.89. The van der Waals surface area contributed by atoms with E-state index in [1.165, 1.54) is 6.07 Å². The molecule has 1 aliphatic rings. The lowest BCUT2D eigenvalue weighted by atomic mass is 9.93. The second-order valence-corrected chi connectivity index (χ2v) is 9.57. The third-order valence-electron chi connectivity index (χ3n) is 6.09. The smallest absolute Gasteiger partial charge is 0.291 e. The standard InChI is InChI=1S/C29H23Cl2N3O4/c1-17-26-24(33-34-28(35)22-15-10-18(30)16-23(22)31)8-5-9-25(26)38-27(17)29(36)32-19-11-13-21(14-12-19)37-20-6-3-2-4-7-20/h2-4,6-7,10-16H,5,8-9H2,1H3,(H,32,36)(H,34,35)/b33-24+. The Hall–Kier alpha value is -4.07. The molecule has 192 valence electrons. The van der Waals surface area contributed by atoms with Crippen LogP contribution in [0.1, 0.15) is 50.6 Å². The maximum absolute atomic E-state index is 13.1. The lowest BCUT2D eigenvalue weighted by molar-refractivity contribution is 0.0953. The highest BCUT2D eigenvalue weighted by Crippen LogP contribution is 2.31. The van der Waals surface area contributed by atoms with E-state index in [2.05, 4.69) is 15.8 Å². The first-order chi connectivity index (χ1) is 18.4. The monoisotopic (exact) mass is 547 g/mol. The summed E-state index contributed by atoms with van der Waals surface area (Å²) in [4.78, 5) is 25.7. The number of halogens is 2. The van der Waals surface area contributed by atoms with Crippen LogP contribution in [0, 0.1) is 6.92 Å². The first-order valence-corrected chi connectivity index (χ1v) is 12.7. The van der Waals surface area contributed by atoms with Crippen LogP contribution in [0.3, 0.4) is 0 Å². The molecular weight excluding hydrogens is 525 g/mol. The molecule has 0 spiro atoms. The summed E-state index contributed by atoms with van der Waals surface area (Å²) in [5.41, 5.74) is 5.49. The number of benzene rings is 3. The fourth-order valence-corrected chi connectivity index (χ4v) is 4.76. The van der Waals surface area contributed by atoms with Crippen molar-refractivity contribution in [3.05, 3.63) is 111 Å². The van der Waals surface area contributed by atoms with Crippen LogP contribution in [0.2, 0.25) is 10.0 Å². The quantitative estimate of drug-likeness (QED) is 0.246. The summed E-state index contributed by atoms with van der Waals surface area (Å²) in [5.74, 6) is 1.44. The molecule has 0 fully saturated rings. The predicted octanol–water partition coefficient (Wildman–Crippen LogP) is 7.41. The molecule has 0 radical (unpaired) electrons. The van der Waals surface area contributed by atoms with Gasteiger partial charge in [-0.25, -0.2) is 5.43 Å². The molecular formula is C29H23Cl2N3O4. The molecule has 9 heteroatoms.